The molecule has 0 saturated carbocycles. The fourth-order valence-electron chi connectivity index (χ4n) is 9.67. The number of thiazole rings is 1. The maximum atomic E-state index is 15.1. The molecule has 12 nitrogen and oxygen atoms in total. The predicted octanol–water partition coefficient (Wildman–Crippen LogP) is 8.56. The first kappa shape index (κ1) is 49.9. The molecule has 5 atom stereocenters. The third-order valence-corrected chi connectivity index (χ3v) is 14.1. The number of aliphatic hydroxyl groups excluding tert-OH is 1. The van der Waals surface area contributed by atoms with E-state index in [0.29, 0.717) is 19.8 Å². The molecule has 7 rings (SSSR count). The molecule has 2 aliphatic heterocycles. The van der Waals surface area contributed by atoms with Gasteiger partial charge in [0, 0.05) is 38.7 Å². The second kappa shape index (κ2) is 21.9. The number of aliphatic hydroxyl groups is 1. The maximum absolute atomic E-state index is 15.1. The molecule has 1 aliphatic carbocycles. The lowest BCUT2D eigenvalue weighted by Crippen LogP contribution is -2.58. The third-order valence-electron chi connectivity index (χ3n) is 13.1. The number of unbranched alkanes of at least 4 members (excludes halogenated alkanes) is 4. The van der Waals surface area contributed by atoms with Gasteiger partial charge in [-0.2, -0.15) is 0 Å². The van der Waals surface area contributed by atoms with Gasteiger partial charge >= 0.3 is 0 Å². The Morgan fingerprint density at radius 2 is 1.69 bits per heavy atom. The number of carbonyl (C=O) groups is 3. The highest BCUT2D eigenvalue weighted by Gasteiger charge is 2.45. The number of halogens is 1. The van der Waals surface area contributed by atoms with Gasteiger partial charge in [0.05, 0.1) is 46.7 Å². The van der Waals surface area contributed by atoms with E-state index in [1.54, 1.807) is 31.4 Å². The number of alkyl halides is 1. The summed E-state index contributed by atoms with van der Waals surface area (Å²) in [6.07, 6.45) is 7.41. The van der Waals surface area contributed by atoms with Gasteiger partial charge in [-0.15, -0.1) is 11.3 Å². The van der Waals surface area contributed by atoms with E-state index in [2.05, 4.69) is 51.7 Å². The molecule has 2 aromatic carbocycles. The van der Waals surface area contributed by atoms with E-state index in [1.165, 1.54) is 27.2 Å². The number of nitrogens with one attached hydrogen (secondary N) is 2. The molecule has 4 aromatic rings. The van der Waals surface area contributed by atoms with Gasteiger partial charge in [0.1, 0.15) is 30.1 Å². The number of β-amino-alcohol motifs (C(OH)–C–C–N with tert-alkyl or cyclic N) is 1. The van der Waals surface area contributed by atoms with Crippen molar-refractivity contribution in [2.24, 2.45) is 5.41 Å². The number of carbonyl (C=O) groups excluding carboxylic acids is 3. The molecule has 67 heavy (non-hydrogen) atoms. The van der Waals surface area contributed by atoms with Crippen molar-refractivity contribution >= 4 is 34.6 Å². The zero-order valence-electron chi connectivity index (χ0n) is 40.3. The Morgan fingerprint density at radius 1 is 0.955 bits per heavy atom. The van der Waals surface area contributed by atoms with Crippen molar-refractivity contribution in [3.05, 3.63) is 106 Å². The summed E-state index contributed by atoms with van der Waals surface area (Å²) >= 11 is 1.58. The number of ether oxygens (including phenoxy) is 2. The van der Waals surface area contributed by atoms with Crippen molar-refractivity contribution in [1.82, 2.24) is 30.4 Å². The van der Waals surface area contributed by atoms with Gasteiger partial charge in [0.25, 0.3) is 0 Å². The predicted molar refractivity (Wildman–Crippen MR) is 261 cm³/mol. The lowest BCUT2D eigenvalue weighted by Gasteiger charge is -2.43. The number of amides is 3. The minimum atomic E-state index is -1.34. The summed E-state index contributed by atoms with van der Waals surface area (Å²) in [6.45, 7) is 14.4. The van der Waals surface area contributed by atoms with Crippen LogP contribution in [0.15, 0.2) is 77.9 Å². The normalized spacial score (nSPS) is 20.1. The smallest absolute Gasteiger partial charge is 0.246 e. The number of aromatic nitrogens is 2. The molecule has 14 heteroatoms. The molecule has 1 unspecified atom stereocenters. The molecule has 1 fully saturated rings. The van der Waals surface area contributed by atoms with Gasteiger partial charge in [0.15, 0.2) is 0 Å². The number of nitrogens with zero attached hydrogens (tertiary/aromatic N) is 4. The fourth-order valence-corrected chi connectivity index (χ4v) is 10.5. The SMILES string of the molecule is Cc1ncsc1-c1ccc(CNC(=O)[C@@H]2C[C@@H](O)CN2C(=O)C(NC(=O)COCCCCCCCOc2ccc([C@@H]3C4=C(C[C@@H](C)N3CC(C)(C)F)c3ccccc3C4)nc2)C(C)(C)C)cc1. The molecule has 360 valence electrons. The largest absolute Gasteiger partial charge is 0.492 e. The highest BCUT2D eigenvalue weighted by Crippen LogP contribution is 2.49. The molecular weight excluding hydrogens is 868 g/mol. The summed E-state index contributed by atoms with van der Waals surface area (Å²) in [4.78, 5) is 54.5. The summed E-state index contributed by atoms with van der Waals surface area (Å²) in [5, 5.41) is 16.4. The van der Waals surface area contributed by atoms with Gasteiger partial charge in [0.2, 0.25) is 17.7 Å². The maximum Gasteiger partial charge on any atom is 0.246 e. The number of rotatable bonds is 20. The first-order valence-corrected chi connectivity index (χ1v) is 24.8. The number of hydrogen-bond acceptors (Lipinski definition) is 10. The van der Waals surface area contributed by atoms with Gasteiger partial charge < -0.3 is 30.1 Å². The van der Waals surface area contributed by atoms with Crippen molar-refractivity contribution in [2.45, 2.75) is 142 Å². The Kier molecular flexibility index (Phi) is 16.3. The Balaban J connectivity index is 0.799. The topological polar surface area (TPSA) is 146 Å². The molecule has 0 bridgehead atoms. The zero-order chi connectivity index (χ0) is 47.9. The molecule has 3 amide bonds. The average molecular weight is 937 g/mol. The summed E-state index contributed by atoms with van der Waals surface area (Å²) in [5.41, 5.74) is 9.03. The van der Waals surface area contributed by atoms with Crippen LogP contribution in [0.5, 0.6) is 5.75 Å². The lowest BCUT2D eigenvalue weighted by molar-refractivity contribution is -0.144. The first-order valence-electron chi connectivity index (χ1n) is 23.9. The van der Waals surface area contributed by atoms with Crippen LogP contribution in [0, 0.1) is 12.3 Å². The van der Waals surface area contributed by atoms with Crippen LogP contribution < -0.4 is 15.4 Å². The second-order valence-electron chi connectivity index (χ2n) is 20.2. The molecule has 4 heterocycles. The molecule has 0 spiro atoms. The number of benzene rings is 2. The molecule has 0 radical (unpaired) electrons. The van der Waals surface area contributed by atoms with Crippen molar-refractivity contribution in [2.75, 3.05) is 32.9 Å². The average Bonchev–Trinajstić information content (AvgIpc) is 4.01. The molecular formula is C53H69FN6O6S. The molecule has 2 aromatic heterocycles. The molecule has 3 N–H and O–H groups in total. The van der Waals surface area contributed by atoms with E-state index in [4.69, 9.17) is 14.5 Å². The van der Waals surface area contributed by atoms with Crippen molar-refractivity contribution in [1.29, 1.82) is 0 Å². The number of likely N-dealkylation sites (tertiary alicyclic amines) is 1. The monoisotopic (exact) mass is 936 g/mol. The number of hydrogen-bond donors (Lipinski definition) is 3. The third kappa shape index (κ3) is 12.8. The van der Waals surface area contributed by atoms with Crippen LogP contribution in [0.2, 0.25) is 0 Å². The van der Waals surface area contributed by atoms with Crippen LogP contribution in [0.25, 0.3) is 16.0 Å². The van der Waals surface area contributed by atoms with Crippen LogP contribution in [-0.4, -0.2) is 105 Å². The highest BCUT2D eigenvalue weighted by molar-refractivity contribution is 7.13. The lowest BCUT2D eigenvalue weighted by atomic mass is 9.85. The molecule has 3 aliphatic rings. The first-order chi connectivity index (χ1) is 32.0. The Bertz CT molecular complexity index is 2360. The van der Waals surface area contributed by atoms with Gasteiger partial charge in [-0.25, -0.2) is 9.37 Å². The number of fused-ring (bicyclic) bond motifs is 2. The van der Waals surface area contributed by atoms with Crippen LogP contribution >= 0.6 is 11.3 Å². The van der Waals surface area contributed by atoms with Crippen molar-refractivity contribution in [3.63, 3.8) is 0 Å². The summed E-state index contributed by atoms with van der Waals surface area (Å²) < 4.78 is 26.9. The van der Waals surface area contributed by atoms with Gasteiger partial charge in [-0.05, 0) is 104 Å². The number of pyridine rings is 1. The van der Waals surface area contributed by atoms with Crippen molar-refractivity contribution in [3.8, 4) is 16.2 Å². The van der Waals surface area contributed by atoms with E-state index in [1.807, 2.05) is 69.6 Å². The van der Waals surface area contributed by atoms with E-state index in [9.17, 15) is 19.5 Å². The zero-order valence-corrected chi connectivity index (χ0v) is 41.1. The van der Waals surface area contributed by atoms with Crippen LogP contribution in [0.4, 0.5) is 4.39 Å². The summed E-state index contributed by atoms with van der Waals surface area (Å²) in [6, 6.07) is 18.8. The van der Waals surface area contributed by atoms with Crippen LogP contribution in [0.3, 0.4) is 0 Å². The van der Waals surface area contributed by atoms with Crippen LogP contribution in [-0.2, 0) is 32.1 Å². The fraction of sp³-hybridized carbons (Fsp3) is 0.528. The minimum absolute atomic E-state index is 0.00592. The Labute approximate surface area is 399 Å². The Morgan fingerprint density at radius 3 is 2.37 bits per heavy atom. The summed E-state index contributed by atoms with van der Waals surface area (Å²) in [7, 11) is 0. The van der Waals surface area contributed by atoms with Gasteiger partial charge in [-0.1, -0.05) is 88.6 Å². The molecule has 1 saturated heterocycles. The van der Waals surface area contributed by atoms with Gasteiger partial charge in [-0.3, -0.25) is 24.3 Å². The van der Waals surface area contributed by atoms with Crippen molar-refractivity contribution < 1.29 is 33.4 Å². The minimum Gasteiger partial charge on any atom is -0.492 e. The standard InChI is InChI=1S/C53H69FN6O6S/c1-34-25-42-41-16-12-11-15-38(41)26-43(42)47(60(34)32-53(6,7)54)44-22-21-40(29-55-44)66-24-14-10-8-9-13-23-65-31-46(62)58-49(52(3,4)5)51(64)59-30-39(61)27-45(59)50(63)56-28-36-17-19-37(20-18-36)48-35(2)57-33-67-48/h11-12,15-22,29,33-34,39,45,47,49,61H,8-10,13-14,23-28,30-32H2,1-7H3,(H,56,63)(H,58,62)/t34-,39-,45+,47+,49?/m1/s1. The number of aryl methyl sites for hydroxylation is 1. The summed E-state index contributed by atoms with van der Waals surface area (Å²) in [5.74, 6) is -0.456. The van der Waals surface area contributed by atoms with E-state index in [0.717, 1.165) is 78.1 Å². The quantitative estimate of drug-likeness (QED) is 0.0743. The highest BCUT2D eigenvalue weighted by atomic mass is 32.1. The van der Waals surface area contributed by atoms with Crippen LogP contribution in [0.1, 0.15) is 121 Å². The van der Waals surface area contributed by atoms with E-state index < -0.39 is 41.1 Å². The van der Waals surface area contributed by atoms with E-state index in [-0.39, 0.29) is 44.1 Å². The second-order valence-corrected chi connectivity index (χ2v) is 21.1. The Hall–Kier alpha value is -5.02. The van der Waals surface area contributed by atoms with E-state index >= 15 is 4.39 Å².